The molecular weight excluding hydrogens is 342 g/mol. The molecule has 0 aliphatic heterocycles. The number of rotatable bonds is 6. The van der Waals surface area contributed by atoms with Gasteiger partial charge < -0.3 is 10.4 Å². The molecule has 1 heterocycles. The van der Waals surface area contributed by atoms with Crippen molar-refractivity contribution in [3.63, 3.8) is 0 Å². The van der Waals surface area contributed by atoms with Crippen LogP contribution in [0, 0.1) is 0 Å². The number of benzene rings is 1. The van der Waals surface area contributed by atoms with E-state index in [2.05, 4.69) is 5.32 Å². The van der Waals surface area contributed by atoms with E-state index in [1.165, 1.54) is 4.88 Å². The summed E-state index contributed by atoms with van der Waals surface area (Å²) in [4.78, 5) is 14.0. The number of aliphatic hydroxyl groups is 1. The quantitative estimate of drug-likeness (QED) is 0.810. The Balaban J connectivity index is 1.73. The molecule has 1 saturated carbocycles. The van der Waals surface area contributed by atoms with Crippen molar-refractivity contribution in [1.29, 1.82) is 0 Å². The molecule has 1 aliphatic carbocycles. The Kier molecular flexibility index (Phi) is 5.59. The molecule has 2 aromatic rings. The van der Waals surface area contributed by atoms with Crippen molar-refractivity contribution in [1.82, 2.24) is 5.32 Å². The van der Waals surface area contributed by atoms with Crippen molar-refractivity contribution < 1.29 is 9.90 Å². The molecule has 1 atom stereocenters. The first kappa shape index (κ1) is 17.5. The first-order valence-corrected chi connectivity index (χ1v) is 9.59. The topological polar surface area (TPSA) is 49.3 Å². The first-order valence-electron chi connectivity index (χ1n) is 8.34. The van der Waals surface area contributed by atoms with Crippen molar-refractivity contribution in [2.75, 3.05) is 6.54 Å². The number of carbonyl (C=O) groups is 1. The Morgan fingerprint density at radius 2 is 1.96 bits per heavy atom. The van der Waals surface area contributed by atoms with Gasteiger partial charge in [0.1, 0.15) is 0 Å². The standard InChI is InChI=1S/C19H22ClNO2S/c20-15-7-5-14(6-8-15)17(12-16-4-3-11-24-16)18(22)21-13-19(23)9-1-2-10-19/h3-8,11,17,23H,1-2,9-10,12-13H2,(H,21,22). The summed E-state index contributed by atoms with van der Waals surface area (Å²) in [6, 6.07) is 11.5. The summed E-state index contributed by atoms with van der Waals surface area (Å²) in [5.74, 6) is -0.308. The van der Waals surface area contributed by atoms with E-state index in [-0.39, 0.29) is 11.8 Å². The molecule has 2 N–H and O–H groups in total. The largest absolute Gasteiger partial charge is 0.388 e. The van der Waals surface area contributed by atoms with Crippen LogP contribution in [-0.2, 0) is 11.2 Å². The van der Waals surface area contributed by atoms with Gasteiger partial charge in [-0.05, 0) is 48.4 Å². The average Bonchev–Trinajstić information content (AvgIpc) is 3.24. The second-order valence-electron chi connectivity index (χ2n) is 6.54. The fourth-order valence-electron chi connectivity index (χ4n) is 3.27. The second kappa shape index (κ2) is 7.68. The third-order valence-electron chi connectivity index (χ3n) is 4.70. The van der Waals surface area contributed by atoms with Crippen LogP contribution in [0.15, 0.2) is 41.8 Å². The lowest BCUT2D eigenvalue weighted by Gasteiger charge is -2.24. The molecule has 24 heavy (non-hydrogen) atoms. The molecule has 5 heteroatoms. The highest BCUT2D eigenvalue weighted by Crippen LogP contribution is 2.29. The third-order valence-corrected chi connectivity index (χ3v) is 5.85. The lowest BCUT2D eigenvalue weighted by Crippen LogP contribution is -2.42. The molecule has 1 amide bonds. The maximum absolute atomic E-state index is 12.8. The second-order valence-corrected chi connectivity index (χ2v) is 8.01. The van der Waals surface area contributed by atoms with E-state index in [0.29, 0.717) is 18.0 Å². The summed E-state index contributed by atoms with van der Waals surface area (Å²) in [5, 5.41) is 16.1. The van der Waals surface area contributed by atoms with Crippen LogP contribution in [0.25, 0.3) is 0 Å². The molecule has 0 bridgehead atoms. The molecule has 128 valence electrons. The highest BCUT2D eigenvalue weighted by atomic mass is 35.5. The van der Waals surface area contributed by atoms with E-state index in [1.54, 1.807) is 11.3 Å². The zero-order chi connectivity index (χ0) is 17.0. The number of halogens is 1. The summed E-state index contributed by atoms with van der Waals surface area (Å²) in [5.41, 5.74) is 0.215. The van der Waals surface area contributed by atoms with Crippen LogP contribution in [-0.4, -0.2) is 23.2 Å². The van der Waals surface area contributed by atoms with Gasteiger partial charge in [-0.15, -0.1) is 11.3 Å². The van der Waals surface area contributed by atoms with E-state index in [9.17, 15) is 9.90 Å². The van der Waals surface area contributed by atoms with Gasteiger partial charge in [0.15, 0.2) is 0 Å². The Hall–Kier alpha value is -1.36. The third kappa shape index (κ3) is 4.38. The molecule has 1 aromatic heterocycles. The zero-order valence-electron chi connectivity index (χ0n) is 13.5. The summed E-state index contributed by atoms with van der Waals surface area (Å²) in [7, 11) is 0. The minimum Gasteiger partial charge on any atom is -0.388 e. The van der Waals surface area contributed by atoms with Crippen molar-refractivity contribution in [2.45, 2.75) is 43.6 Å². The molecule has 0 saturated heterocycles. The predicted molar refractivity (Wildman–Crippen MR) is 98.6 cm³/mol. The van der Waals surface area contributed by atoms with Crippen LogP contribution in [0.1, 0.15) is 42.0 Å². The monoisotopic (exact) mass is 363 g/mol. The molecule has 3 nitrogen and oxygen atoms in total. The lowest BCUT2D eigenvalue weighted by molar-refractivity contribution is -0.123. The van der Waals surface area contributed by atoms with Crippen LogP contribution in [0.2, 0.25) is 5.02 Å². The van der Waals surface area contributed by atoms with E-state index >= 15 is 0 Å². The Morgan fingerprint density at radius 1 is 1.25 bits per heavy atom. The Bertz CT molecular complexity index is 663. The van der Waals surface area contributed by atoms with E-state index in [1.807, 2.05) is 41.8 Å². The van der Waals surface area contributed by atoms with E-state index < -0.39 is 5.60 Å². The summed E-state index contributed by atoms with van der Waals surface area (Å²) in [6.07, 6.45) is 4.25. The van der Waals surface area contributed by atoms with E-state index in [4.69, 9.17) is 11.6 Å². The summed E-state index contributed by atoms with van der Waals surface area (Å²) in [6.45, 7) is 0.334. The molecule has 1 unspecified atom stereocenters. The fraction of sp³-hybridized carbons (Fsp3) is 0.421. The lowest BCUT2D eigenvalue weighted by atomic mass is 9.93. The SMILES string of the molecule is O=C(NCC1(O)CCCC1)C(Cc1cccs1)c1ccc(Cl)cc1. The van der Waals surface area contributed by atoms with Gasteiger partial charge in [0.05, 0.1) is 11.5 Å². The van der Waals surface area contributed by atoms with Gasteiger partial charge in [-0.1, -0.05) is 42.6 Å². The number of nitrogens with one attached hydrogen (secondary N) is 1. The maximum atomic E-state index is 12.8. The minimum atomic E-state index is -0.733. The number of thiophene rings is 1. The van der Waals surface area contributed by atoms with Crippen LogP contribution in [0.5, 0.6) is 0 Å². The average molecular weight is 364 g/mol. The smallest absolute Gasteiger partial charge is 0.228 e. The summed E-state index contributed by atoms with van der Waals surface area (Å²) < 4.78 is 0. The van der Waals surface area contributed by atoms with Crippen LogP contribution in [0.3, 0.4) is 0 Å². The Labute approximate surface area is 151 Å². The van der Waals surface area contributed by atoms with Gasteiger partial charge in [0.2, 0.25) is 5.91 Å². The first-order chi connectivity index (χ1) is 11.6. The van der Waals surface area contributed by atoms with Crippen LogP contribution < -0.4 is 5.32 Å². The van der Waals surface area contributed by atoms with Crippen LogP contribution in [0.4, 0.5) is 0 Å². The van der Waals surface area contributed by atoms with Crippen molar-refractivity contribution in [2.24, 2.45) is 0 Å². The zero-order valence-corrected chi connectivity index (χ0v) is 15.1. The van der Waals surface area contributed by atoms with Gasteiger partial charge in [-0.3, -0.25) is 4.79 Å². The number of hydrogen-bond acceptors (Lipinski definition) is 3. The molecule has 1 fully saturated rings. The van der Waals surface area contributed by atoms with Crippen molar-refractivity contribution in [3.05, 3.63) is 57.2 Å². The van der Waals surface area contributed by atoms with Gasteiger partial charge in [-0.2, -0.15) is 0 Å². The van der Waals surface area contributed by atoms with Crippen molar-refractivity contribution >= 4 is 28.8 Å². The van der Waals surface area contributed by atoms with Gasteiger partial charge >= 0.3 is 0 Å². The van der Waals surface area contributed by atoms with Gasteiger partial charge in [0.25, 0.3) is 0 Å². The van der Waals surface area contributed by atoms with E-state index in [0.717, 1.165) is 31.2 Å². The number of carbonyl (C=O) groups excluding carboxylic acids is 1. The normalized spacial score (nSPS) is 17.6. The minimum absolute atomic E-state index is 0.0361. The molecule has 1 aromatic carbocycles. The molecule has 0 spiro atoms. The number of amides is 1. The number of hydrogen-bond donors (Lipinski definition) is 2. The molecule has 1 aliphatic rings. The highest BCUT2D eigenvalue weighted by Gasteiger charge is 2.32. The molecular formula is C19H22ClNO2S. The maximum Gasteiger partial charge on any atom is 0.228 e. The predicted octanol–water partition coefficient (Wildman–Crippen LogP) is 4.15. The fourth-order valence-corrected chi connectivity index (χ4v) is 4.15. The van der Waals surface area contributed by atoms with Crippen molar-refractivity contribution in [3.8, 4) is 0 Å². The Morgan fingerprint density at radius 3 is 2.58 bits per heavy atom. The molecule has 0 radical (unpaired) electrons. The van der Waals surface area contributed by atoms with Gasteiger partial charge in [-0.25, -0.2) is 0 Å². The highest BCUT2D eigenvalue weighted by molar-refractivity contribution is 7.09. The van der Waals surface area contributed by atoms with Crippen LogP contribution >= 0.6 is 22.9 Å². The van der Waals surface area contributed by atoms with Gasteiger partial charge in [0, 0.05) is 16.4 Å². The molecule has 3 rings (SSSR count). The summed E-state index contributed by atoms with van der Waals surface area (Å²) >= 11 is 7.63.